The summed E-state index contributed by atoms with van der Waals surface area (Å²) in [6.07, 6.45) is 2.42. The summed E-state index contributed by atoms with van der Waals surface area (Å²) in [4.78, 5) is 0. The van der Waals surface area contributed by atoms with Gasteiger partial charge >= 0.3 is 0 Å². The zero-order chi connectivity index (χ0) is 8.77. The summed E-state index contributed by atoms with van der Waals surface area (Å²) in [5, 5.41) is 10.2. The van der Waals surface area contributed by atoms with Crippen molar-refractivity contribution in [3.63, 3.8) is 0 Å². The molecule has 1 heterocycles. The molecule has 0 aliphatic heterocycles. The Bertz CT molecular complexity index is 337. The fourth-order valence-electron chi connectivity index (χ4n) is 1.74. The minimum atomic E-state index is 0.340. The molecular formula is C7H12N4S. The molecule has 1 aliphatic carbocycles. The van der Waals surface area contributed by atoms with Crippen LogP contribution in [0.3, 0.4) is 0 Å². The van der Waals surface area contributed by atoms with Crippen molar-refractivity contribution in [1.82, 2.24) is 20.2 Å². The number of aromatic amines is 1. The van der Waals surface area contributed by atoms with Gasteiger partial charge in [-0.05, 0) is 30.5 Å². The zero-order valence-corrected chi connectivity index (χ0v) is 8.06. The maximum atomic E-state index is 5.02. The molecule has 0 aromatic carbocycles. The van der Waals surface area contributed by atoms with Crippen molar-refractivity contribution in [2.24, 2.45) is 5.41 Å². The fraction of sp³-hybridized carbons (Fsp3) is 0.857. The topological polar surface area (TPSA) is 46.5 Å². The van der Waals surface area contributed by atoms with Gasteiger partial charge in [0.1, 0.15) is 0 Å². The van der Waals surface area contributed by atoms with Gasteiger partial charge in [0, 0.05) is 0 Å². The molecular weight excluding hydrogens is 172 g/mol. The third kappa shape index (κ3) is 0.998. The first-order valence-corrected chi connectivity index (χ1v) is 4.52. The monoisotopic (exact) mass is 184 g/mol. The molecule has 1 aromatic heterocycles. The predicted octanol–water partition coefficient (Wildman–Crippen LogP) is 1.70. The van der Waals surface area contributed by atoms with E-state index in [1.165, 1.54) is 12.8 Å². The van der Waals surface area contributed by atoms with Crippen molar-refractivity contribution in [3.8, 4) is 0 Å². The Labute approximate surface area is 76.0 Å². The van der Waals surface area contributed by atoms with Crippen LogP contribution in [0.5, 0.6) is 0 Å². The largest absolute Gasteiger partial charge is 0.239 e. The van der Waals surface area contributed by atoms with Crippen molar-refractivity contribution in [2.75, 3.05) is 0 Å². The van der Waals surface area contributed by atoms with Crippen LogP contribution in [0.15, 0.2) is 0 Å². The molecule has 1 N–H and O–H groups in total. The quantitative estimate of drug-likeness (QED) is 0.676. The first kappa shape index (κ1) is 7.91. The van der Waals surface area contributed by atoms with Gasteiger partial charge in [0.15, 0.2) is 0 Å². The van der Waals surface area contributed by atoms with Crippen LogP contribution in [-0.2, 0) is 0 Å². The predicted molar refractivity (Wildman–Crippen MR) is 47.3 cm³/mol. The summed E-state index contributed by atoms with van der Waals surface area (Å²) in [7, 11) is 0. The second-order valence-corrected chi connectivity index (χ2v) is 4.36. The van der Waals surface area contributed by atoms with Crippen molar-refractivity contribution in [1.29, 1.82) is 0 Å². The normalized spacial score (nSPS) is 26.7. The Hall–Kier alpha value is -0.710. The van der Waals surface area contributed by atoms with Gasteiger partial charge in [0.05, 0.1) is 6.04 Å². The number of hydrogen-bond acceptors (Lipinski definition) is 3. The molecule has 12 heavy (non-hydrogen) atoms. The van der Waals surface area contributed by atoms with E-state index in [0.29, 0.717) is 16.2 Å². The van der Waals surface area contributed by atoms with Crippen molar-refractivity contribution in [2.45, 2.75) is 32.7 Å². The lowest BCUT2D eigenvalue weighted by molar-refractivity contribution is 0.0687. The fourth-order valence-corrected chi connectivity index (χ4v) is 1.95. The van der Waals surface area contributed by atoms with Crippen molar-refractivity contribution >= 4 is 12.2 Å². The highest BCUT2D eigenvalue weighted by Crippen LogP contribution is 2.48. The molecule has 1 aromatic rings. The SMILES string of the molecule is CC1(C)CCC1n1[nH]nnc1=S. The summed E-state index contributed by atoms with van der Waals surface area (Å²) in [5.74, 6) is 0. The zero-order valence-electron chi connectivity index (χ0n) is 7.24. The summed E-state index contributed by atoms with van der Waals surface area (Å²) in [6, 6.07) is 0.458. The number of nitrogens with zero attached hydrogens (tertiary/aromatic N) is 3. The molecule has 1 fully saturated rings. The molecule has 5 heteroatoms. The van der Waals surface area contributed by atoms with Crippen LogP contribution in [0.25, 0.3) is 0 Å². The average Bonchev–Trinajstić information content (AvgIpc) is 2.35. The minimum absolute atomic E-state index is 0.340. The Morgan fingerprint density at radius 3 is 2.75 bits per heavy atom. The second kappa shape index (κ2) is 2.39. The van der Waals surface area contributed by atoms with Gasteiger partial charge in [-0.1, -0.05) is 24.2 Å². The maximum Gasteiger partial charge on any atom is 0.238 e. The highest BCUT2D eigenvalue weighted by molar-refractivity contribution is 7.71. The smallest absolute Gasteiger partial charge is 0.238 e. The third-order valence-electron chi connectivity index (χ3n) is 2.77. The molecule has 0 spiro atoms. The van der Waals surface area contributed by atoms with Crippen LogP contribution in [0, 0.1) is 10.2 Å². The number of aromatic nitrogens is 4. The molecule has 1 saturated carbocycles. The van der Waals surface area contributed by atoms with Crippen LogP contribution in [0.1, 0.15) is 32.7 Å². The molecule has 1 aliphatic rings. The molecule has 0 amide bonds. The Kier molecular flexibility index (Phi) is 1.57. The van der Waals surface area contributed by atoms with Gasteiger partial charge in [-0.3, -0.25) is 0 Å². The summed E-state index contributed by atoms with van der Waals surface area (Å²) < 4.78 is 2.45. The second-order valence-electron chi connectivity index (χ2n) is 4.00. The van der Waals surface area contributed by atoms with Crippen molar-refractivity contribution < 1.29 is 0 Å². The molecule has 66 valence electrons. The van der Waals surface area contributed by atoms with E-state index in [4.69, 9.17) is 12.2 Å². The van der Waals surface area contributed by atoms with Gasteiger partial charge in [-0.15, -0.1) is 0 Å². The van der Waals surface area contributed by atoms with Crippen LogP contribution >= 0.6 is 12.2 Å². The Balaban J connectivity index is 2.33. The van der Waals surface area contributed by atoms with Gasteiger partial charge in [0.25, 0.3) is 0 Å². The van der Waals surface area contributed by atoms with E-state index in [2.05, 4.69) is 29.4 Å². The van der Waals surface area contributed by atoms with Crippen LogP contribution < -0.4 is 0 Å². The minimum Gasteiger partial charge on any atom is -0.239 e. The van der Waals surface area contributed by atoms with Crippen LogP contribution in [0.4, 0.5) is 0 Å². The number of tetrazole rings is 1. The summed E-state index contributed by atoms with van der Waals surface area (Å²) >= 11 is 5.02. The summed E-state index contributed by atoms with van der Waals surface area (Å²) in [5.41, 5.74) is 0.340. The molecule has 0 bridgehead atoms. The lowest BCUT2D eigenvalue weighted by Gasteiger charge is -2.44. The van der Waals surface area contributed by atoms with E-state index >= 15 is 0 Å². The highest BCUT2D eigenvalue weighted by atomic mass is 32.1. The van der Waals surface area contributed by atoms with E-state index in [-0.39, 0.29) is 0 Å². The lowest BCUT2D eigenvalue weighted by Crippen LogP contribution is -2.37. The first-order chi connectivity index (χ1) is 5.61. The lowest BCUT2D eigenvalue weighted by atomic mass is 9.67. The van der Waals surface area contributed by atoms with E-state index in [1.54, 1.807) is 0 Å². The van der Waals surface area contributed by atoms with Gasteiger partial charge in [-0.2, -0.15) is 5.21 Å². The third-order valence-corrected chi connectivity index (χ3v) is 3.05. The number of nitrogens with one attached hydrogen (secondary N) is 1. The molecule has 0 saturated heterocycles. The molecule has 1 unspecified atom stereocenters. The summed E-state index contributed by atoms with van der Waals surface area (Å²) in [6.45, 7) is 4.48. The van der Waals surface area contributed by atoms with Crippen molar-refractivity contribution in [3.05, 3.63) is 4.77 Å². The van der Waals surface area contributed by atoms with E-state index in [1.807, 2.05) is 4.68 Å². The van der Waals surface area contributed by atoms with Gasteiger partial charge in [0.2, 0.25) is 4.77 Å². The van der Waals surface area contributed by atoms with Gasteiger partial charge in [-0.25, -0.2) is 4.68 Å². The Morgan fingerprint density at radius 2 is 2.42 bits per heavy atom. The molecule has 1 atom stereocenters. The molecule has 4 nitrogen and oxygen atoms in total. The first-order valence-electron chi connectivity index (χ1n) is 4.11. The van der Waals surface area contributed by atoms with E-state index in [9.17, 15) is 0 Å². The van der Waals surface area contributed by atoms with E-state index in [0.717, 1.165) is 0 Å². The standard InChI is InChI=1S/C7H12N4S/c1-7(2)4-3-5(7)11-6(12)8-9-10-11/h5H,3-4H2,1-2H3,(H,8,10,12). The van der Waals surface area contributed by atoms with Crippen LogP contribution in [0.2, 0.25) is 0 Å². The number of hydrogen-bond donors (Lipinski definition) is 1. The number of H-pyrrole nitrogens is 1. The van der Waals surface area contributed by atoms with Gasteiger partial charge < -0.3 is 0 Å². The number of rotatable bonds is 1. The van der Waals surface area contributed by atoms with Crippen LogP contribution in [-0.4, -0.2) is 20.2 Å². The molecule has 0 radical (unpaired) electrons. The maximum absolute atomic E-state index is 5.02. The molecule has 2 rings (SSSR count). The van der Waals surface area contributed by atoms with E-state index < -0.39 is 0 Å². The average molecular weight is 184 g/mol. The highest BCUT2D eigenvalue weighted by Gasteiger charge is 2.40. The Morgan fingerprint density at radius 1 is 1.67 bits per heavy atom.